The Labute approximate surface area is 139 Å². The minimum absolute atomic E-state index is 0.0945. The van der Waals surface area contributed by atoms with Crippen LogP contribution in [-0.4, -0.2) is 12.1 Å². The van der Waals surface area contributed by atoms with Gasteiger partial charge in [0.25, 0.3) is 0 Å². The summed E-state index contributed by atoms with van der Waals surface area (Å²) in [6.45, 7) is 2.05. The summed E-state index contributed by atoms with van der Waals surface area (Å²) in [5.74, 6) is -0.187. The molecule has 3 aromatic rings. The van der Waals surface area contributed by atoms with Crippen LogP contribution in [0.25, 0.3) is 15.7 Å². The molecule has 2 nitrogen and oxygen atoms in total. The van der Waals surface area contributed by atoms with Crippen LogP contribution in [0.2, 0.25) is 0 Å². The molecule has 2 heterocycles. The number of rotatable bonds is 3. The van der Waals surface area contributed by atoms with Crippen LogP contribution in [0.3, 0.4) is 0 Å². The topological polar surface area (TPSA) is 26.3 Å². The van der Waals surface area contributed by atoms with E-state index in [-0.39, 0.29) is 12.1 Å². The molecule has 1 atom stereocenters. The number of hydrogen-bond donors (Lipinski definition) is 0. The highest BCUT2D eigenvalue weighted by molar-refractivity contribution is 7.20. The Balaban J connectivity index is 1.96. The van der Waals surface area contributed by atoms with Crippen molar-refractivity contribution in [2.75, 3.05) is 0 Å². The fourth-order valence-electron chi connectivity index (χ4n) is 3.02. The highest BCUT2D eigenvalue weighted by Crippen LogP contribution is 2.40. The molecule has 1 saturated heterocycles. The lowest BCUT2D eigenvalue weighted by Gasteiger charge is -2.30. The van der Waals surface area contributed by atoms with Gasteiger partial charge in [-0.2, -0.15) is 0 Å². The van der Waals surface area contributed by atoms with E-state index < -0.39 is 0 Å². The summed E-state index contributed by atoms with van der Waals surface area (Å²) in [4.78, 5) is 13.3. The first-order valence-electron chi connectivity index (χ1n) is 7.77. The highest BCUT2D eigenvalue weighted by Gasteiger charge is 2.38. The largest absolute Gasteiger partial charge is 0.454 e. The number of carbonyl (C=O) groups is 1. The Morgan fingerprint density at radius 2 is 1.83 bits per heavy atom. The van der Waals surface area contributed by atoms with E-state index in [0.717, 1.165) is 28.0 Å². The second kappa shape index (κ2) is 5.67. The lowest BCUT2D eigenvalue weighted by atomic mass is 9.90. The Kier molecular flexibility index (Phi) is 3.50. The number of cyclic esters (lactones) is 1. The van der Waals surface area contributed by atoms with Crippen molar-refractivity contribution in [1.29, 1.82) is 0 Å². The van der Waals surface area contributed by atoms with Gasteiger partial charge in [0, 0.05) is 15.2 Å². The van der Waals surface area contributed by atoms with Crippen molar-refractivity contribution in [2.24, 2.45) is 0 Å². The van der Waals surface area contributed by atoms with Gasteiger partial charge in [-0.3, -0.25) is 0 Å². The maximum atomic E-state index is 12.1. The van der Waals surface area contributed by atoms with Crippen molar-refractivity contribution in [3.63, 3.8) is 0 Å². The summed E-state index contributed by atoms with van der Waals surface area (Å²) in [6, 6.07) is 20.6. The van der Waals surface area contributed by atoms with Gasteiger partial charge in [-0.1, -0.05) is 55.5 Å². The fourth-order valence-corrected chi connectivity index (χ4v) is 4.16. The zero-order valence-electron chi connectivity index (χ0n) is 12.8. The standard InChI is InChI=1S/C20H16O2S/c1-2-15-19(20(21)22-15)18(13-8-4-3-5-9-13)17-12-14-10-6-7-11-16(14)23-17/h3-12,15H,2H2,1H3/b19-18-/t15-/m0/s1. The normalized spacial score (nSPS) is 19.3. The third-order valence-corrected chi connectivity index (χ3v) is 5.30. The molecular formula is C20H16O2S. The second-order valence-electron chi connectivity index (χ2n) is 5.61. The summed E-state index contributed by atoms with van der Waals surface area (Å²) in [7, 11) is 0. The molecule has 1 aromatic heterocycles. The van der Waals surface area contributed by atoms with Crippen molar-refractivity contribution < 1.29 is 9.53 Å². The minimum atomic E-state index is -0.187. The first-order chi connectivity index (χ1) is 11.3. The van der Waals surface area contributed by atoms with Gasteiger partial charge in [0.05, 0.1) is 5.57 Å². The van der Waals surface area contributed by atoms with Gasteiger partial charge in [0.2, 0.25) is 0 Å². The van der Waals surface area contributed by atoms with Gasteiger partial charge < -0.3 is 4.74 Å². The van der Waals surface area contributed by atoms with E-state index in [0.29, 0.717) is 0 Å². The van der Waals surface area contributed by atoms with E-state index in [9.17, 15) is 4.79 Å². The maximum Gasteiger partial charge on any atom is 0.339 e. The van der Waals surface area contributed by atoms with Crippen molar-refractivity contribution in [3.05, 3.63) is 76.7 Å². The Bertz CT molecular complexity index is 873. The van der Waals surface area contributed by atoms with Crippen LogP contribution in [0, 0.1) is 0 Å². The monoisotopic (exact) mass is 320 g/mol. The van der Waals surface area contributed by atoms with E-state index >= 15 is 0 Å². The van der Waals surface area contributed by atoms with E-state index in [2.05, 4.69) is 30.3 Å². The molecule has 2 aromatic carbocycles. The van der Waals surface area contributed by atoms with E-state index in [1.807, 2.05) is 37.3 Å². The Morgan fingerprint density at radius 1 is 1.09 bits per heavy atom. The first-order valence-corrected chi connectivity index (χ1v) is 8.59. The average Bonchev–Trinajstić information content (AvgIpc) is 3.01. The first kappa shape index (κ1) is 14.2. The molecule has 0 N–H and O–H groups in total. The lowest BCUT2D eigenvalue weighted by molar-refractivity contribution is -0.155. The molecule has 23 heavy (non-hydrogen) atoms. The zero-order valence-corrected chi connectivity index (χ0v) is 13.6. The van der Waals surface area contributed by atoms with Crippen molar-refractivity contribution in [2.45, 2.75) is 19.4 Å². The molecule has 1 aliphatic heterocycles. The third-order valence-electron chi connectivity index (χ3n) is 4.17. The predicted molar refractivity (Wildman–Crippen MR) is 94.5 cm³/mol. The number of fused-ring (bicyclic) bond motifs is 1. The van der Waals surface area contributed by atoms with Crippen molar-refractivity contribution >= 4 is 33.0 Å². The molecule has 0 bridgehead atoms. The smallest absolute Gasteiger partial charge is 0.339 e. The number of thiophene rings is 1. The molecule has 0 radical (unpaired) electrons. The van der Waals surface area contributed by atoms with Crippen molar-refractivity contribution in [1.82, 2.24) is 0 Å². The molecule has 4 rings (SSSR count). The summed E-state index contributed by atoms with van der Waals surface area (Å²) in [6.07, 6.45) is 0.713. The number of hydrogen-bond acceptors (Lipinski definition) is 3. The molecule has 0 amide bonds. The molecule has 1 aliphatic rings. The van der Waals surface area contributed by atoms with Crippen LogP contribution >= 0.6 is 11.3 Å². The zero-order chi connectivity index (χ0) is 15.8. The van der Waals surface area contributed by atoms with Crippen molar-refractivity contribution in [3.8, 4) is 0 Å². The summed E-state index contributed by atoms with van der Waals surface area (Å²) in [5.41, 5.74) is 2.91. The van der Waals surface area contributed by atoms with Gasteiger partial charge in [-0.15, -0.1) is 11.3 Å². The molecular weight excluding hydrogens is 304 g/mol. The highest BCUT2D eigenvalue weighted by atomic mass is 32.1. The molecule has 1 fully saturated rings. The van der Waals surface area contributed by atoms with Crippen LogP contribution < -0.4 is 0 Å². The van der Waals surface area contributed by atoms with E-state index in [1.165, 1.54) is 10.1 Å². The van der Waals surface area contributed by atoms with E-state index in [1.54, 1.807) is 11.3 Å². The Hall–Kier alpha value is -2.39. The van der Waals surface area contributed by atoms with Gasteiger partial charge in [0.15, 0.2) is 0 Å². The maximum absolute atomic E-state index is 12.1. The van der Waals surface area contributed by atoms with Crippen LogP contribution in [-0.2, 0) is 9.53 Å². The summed E-state index contributed by atoms with van der Waals surface area (Å²) < 4.78 is 6.54. The fraction of sp³-hybridized carbons (Fsp3) is 0.150. The van der Waals surface area contributed by atoms with Crippen LogP contribution in [0.5, 0.6) is 0 Å². The lowest BCUT2D eigenvalue weighted by Crippen LogP contribution is -2.37. The predicted octanol–water partition coefficient (Wildman–Crippen LogP) is 5.04. The summed E-state index contributed by atoms with van der Waals surface area (Å²) >= 11 is 1.73. The Morgan fingerprint density at radius 3 is 2.52 bits per heavy atom. The minimum Gasteiger partial charge on any atom is -0.454 e. The number of esters is 1. The van der Waals surface area contributed by atoms with Gasteiger partial charge in [-0.05, 0) is 29.5 Å². The SMILES string of the molecule is CC[C@@H]1OC(=O)/C1=C(/c1ccccc1)c1cc2ccccc2s1. The number of ether oxygens (including phenoxy) is 1. The molecule has 0 saturated carbocycles. The quantitative estimate of drug-likeness (QED) is 0.499. The van der Waals surface area contributed by atoms with Crippen LogP contribution in [0.1, 0.15) is 23.8 Å². The molecule has 3 heteroatoms. The van der Waals surface area contributed by atoms with Gasteiger partial charge >= 0.3 is 5.97 Å². The number of carbonyl (C=O) groups excluding carboxylic acids is 1. The second-order valence-corrected chi connectivity index (χ2v) is 6.69. The number of benzene rings is 2. The van der Waals surface area contributed by atoms with Crippen LogP contribution in [0.4, 0.5) is 0 Å². The molecule has 0 spiro atoms. The van der Waals surface area contributed by atoms with Crippen LogP contribution in [0.15, 0.2) is 66.2 Å². The van der Waals surface area contributed by atoms with Gasteiger partial charge in [0.1, 0.15) is 6.10 Å². The average molecular weight is 320 g/mol. The van der Waals surface area contributed by atoms with E-state index in [4.69, 9.17) is 4.74 Å². The summed E-state index contributed by atoms with van der Waals surface area (Å²) in [5, 5.41) is 1.21. The molecule has 114 valence electrons. The molecule has 0 aliphatic carbocycles. The van der Waals surface area contributed by atoms with Gasteiger partial charge in [-0.25, -0.2) is 4.79 Å². The third kappa shape index (κ3) is 2.37. The molecule has 0 unspecified atom stereocenters.